The van der Waals surface area contributed by atoms with E-state index in [1.807, 2.05) is 6.92 Å². The molecule has 1 saturated heterocycles. The highest BCUT2D eigenvalue weighted by Gasteiger charge is 2.10. The Morgan fingerprint density at radius 3 is 2.17 bits per heavy atom. The monoisotopic (exact) mass is 165 g/mol. The second-order valence-corrected chi connectivity index (χ2v) is 3.10. The molecule has 1 heteroatoms. The number of likely N-dealkylation sites (tertiary alicyclic amines) is 1. The molecule has 1 rings (SSSR count). The SMILES string of the molecule is C=C1CCN(C)CC1=C.C=CC. The van der Waals surface area contributed by atoms with Crippen molar-refractivity contribution >= 4 is 0 Å². The van der Waals surface area contributed by atoms with Crippen LogP contribution in [-0.2, 0) is 0 Å². The summed E-state index contributed by atoms with van der Waals surface area (Å²) in [6.07, 6.45) is 2.84. The summed E-state index contributed by atoms with van der Waals surface area (Å²) in [7, 11) is 2.11. The van der Waals surface area contributed by atoms with Gasteiger partial charge in [0.25, 0.3) is 0 Å². The van der Waals surface area contributed by atoms with Gasteiger partial charge in [-0.1, -0.05) is 24.8 Å². The summed E-state index contributed by atoms with van der Waals surface area (Å²) in [5, 5.41) is 0. The first-order valence-electron chi connectivity index (χ1n) is 4.23. The van der Waals surface area contributed by atoms with E-state index in [2.05, 4.69) is 31.7 Å². The predicted molar refractivity (Wildman–Crippen MR) is 56.3 cm³/mol. The van der Waals surface area contributed by atoms with E-state index in [0.717, 1.165) is 19.5 Å². The van der Waals surface area contributed by atoms with Crippen molar-refractivity contribution in [3.63, 3.8) is 0 Å². The Bertz CT molecular complexity index is 179. The van der Waals surface area contributed by atoms with E-state index in [4.69, 9.17) is 0 Å². The predicted octanol–water partition coefficient (Wildman–Crippen LogP) is 2.63. The Kier molecular flexibility index (Phi) is 5.39. The number of piperidine rings is 1. The molecule has 0 aromatic carbocycles. The van der Waals surface area contributed by atoms with Gasteiger partial charge in [-0.2, -0.15) is 0 Å². The van der Waals surface area contributed by atoms with E-state index in [1.165, 1.54) is 11.1 Å². The third kappa shape index (κ3) is 4.14. The molecule has 0 aliphatic carbocycles. The van der Waals surface area contributed by atoms with E-state index in [9.17, 15) is 0 Å². The van der Waals surface area contributed by atoms with Gasteiger partial charge in [0.2, 0.25) is 0 Å². The molecule has 0 N–H and O–H groups in total. The molecular weight excluding hydrogens is 146 g/mol. The molecule has 0 aromatic rings. The maximum atomic E-state index is 3.90. The molecule has 0 aromatic heterocycles. The van der Waals surface area contributed by atoms with Crippen molar-refractivity contribution in [2.75, 3.05) is 20.1 Å². The zero-order chi connectivity index (χ0) is 9.56. The largest absolute Gasteiger partial charge is 0.302 e. The van der Waals surface area contributed by atoms with Gasteiger partial charge < -0.3 is 4.90 Å². The van der Waals surface area contributed by atoms with Gasteiger partial charge in [0.15, 0.2) is 0 Å². The fraction of sp³-hybridized carbons (Fsp3) is 0.455. The molecule has 0 radical (unpaired) electrons. The zero-order valence-electron chi connectivity index (χ0n) is 8.27. The van der Waals surface area contributed by atoms with Crippen LogP contribution in [0, 0.1) is 0 Å². The topological polar surface area (TPSA) is 3.24 Å². The number of rotatable bonds is 0. The van der Waals surface area contributed by atoms with E-state index in [-0.39, 0.29) is 0 Å². The van der Waals surface area contributed by atoms with Gasteiger partial charge in [0, 0.05) is 13.1 Å². The molecule has 0 bridgehead atoms. The van der Waals surface area contributed by atoms with Crippen LogP contribution in [0.15, 0.2) is 37.0 Å². The number of likely N-dealkylation sites (N-methyl/N-ethyl adjacent to an activating group) is 1. The minimum atomic E-state index is 0.999. The smallest absolute Gasteiger partial charge is 0.0227 e. The quantitative estimate of drug-likeness (QED) is 0.499. The molecule has 0 amide bonds. The van der Waals surface area contributed by atoms with Gasteiger partial charge in [0.05, 0.1) is 0 Å². The van der Waals surface area contributed by atoms with Crippen LogP contribution in [0.5, 0.6) is 0 Å². The molecule has 1 heterocycles. The van der Waals surface area contributed by atoms with Gasteiger partial charge in [-0.05, 0) is 26.0 Å². The lowest BCUT2D eigenvalue weighted by molar-refractivity contribution is 0.349. The summed E-state index contributed by atoms with van der Waals surface area (Å²) in [5.41, 5.74) is 2.43. The van der Waals surface area contributed by atoms with Crippen molar-refractivity contribution in [2.24, 2.45) is 0 Å². The van der Waals surface area contributed by atoms with E-state index < -0.39 is 0 Å². The van der Waals surface area contributed by atoms with Crippen LogP contribution in [0.2, 0.25) is 0 Å². The molecule has 0 atom stereocenters. The Hall–Kier alpha value is -0.820. The number of allylic oxidation sites excluding steroid dienone is 1. The van der Waals surface area contributed by atoms with Crippen molar-refractivity contribution in [1.29, 1.82) is 0 Å². The highest BCUT2D eigenvalue weighted by molar-refractivity contribution is 5.28. The standard InChI is InChI=1S/C8H13N.C3H6/c1-7-4-5-9(3)6-8(7)2;1-3-2/h1-2,4-6H2,3H3;3H,1H2,2H3. The molecule has 0 unspecified atom stereocenters. The van der Waals surface area contributed by atoms with Crippen molar-refractivity contribution in [3.8, 4) is 0 Å². The van der Waals surface area contributed by atoms with Gasteiger partial charge in [-0.15, -0.1) is 6.58 Å². The summed E-state index contributed by atoms with van der Waals surface area (Å²) in [4.78, 5) is 2.26. The fourth-order valence-corrected chi connectivity index (χ4v) is 1.02. The highest BCUT2D eigenvalue weighted by Crippen LogP contribution is 2.16. The summed E-state index contributed by atoms with van der Waals surface area (Å²) in [5.74, 6) is 0. The first-order chi connectivity index (χ1) is 5.61. The minimum absolute atomic E-state index is 0.999. The van der Waals surface area contributed by atoms with Crippen molar-refractivity contribution in [2.45, 2.75) is 13.3 Å². The number of hydrogen-bond acceptors (Lipinski definition) is 1. The van der Waals surface area contributed by atoms with Gasteiger partial charge >= 0.3 is 0 Å². The molecule has 1 nitrogen and oxygen atoms in total. The van der Waals surface area contributed by atoms with Crippen molar-refractivity contribution < 1.29 is 0 Å². The Labute approximate surface area is 76.1 Å². The van der Waals surface area contributed by atoms with Gasteiger partial charge in [0.1, 0.15) is 0 Å². The third-order valence-electron chi connectivity index (χ3n) is 1.76. The van der Waals surface area contributed by atoms with E-state index in [0.29, 0.717) is 0 Å². The first-order valence-corrected chi connectivity index (χ1v) is 4.23. The number of hydrogen-bond donors (Lipinski definition) is 0. The second-order valence-electron chi connectivity index (χ2n) is 3.10. The molecule has 12 heavy (non-hydrogen) atoms. The summed E-state index contributed by atoms with van der Waals surface area (Å²) in [6.45, 7) is 15.2. The van der Waals surface area contributed by atoms with Crippen molar-refractivity contribution in [1.82, 2.24) is 4.90 Å². The third-order valence-corrected chi connectivity index (χ3v) is 1.76. The molecule has 0 spiro atoms. The minimum Gasteiger partial charge on any atom is -0.302 e. The maximum absolute atomic E-state index is 3.90. The average Bonchev–Trinajstić information content (AvgIpc) is 1.99. The van der Waals surface area contributed by atoms with Crippen LogP contribution in [0.1, 0.15) is 13.3 Å². The molecule has 1 fully saturated rings. The lowest BCUT2D eigenvalue weighted by Crippen LogP contribution is -2.27. The lowest BCUT2D eigenvalue weighted by Gasteiger charge is -2.25. The Morgan fingerprint density at radius 1 is 1.33 bits per heavy atom. The molecule has 0 saturated carbocycles. The molecule has 1 aliphatic heterocycles. The summed E-state index contributed by atoms with van der Waals surface area (Å²) < 4.78 is 0. The van der Waals surface area contributed by atoms with E-state index in [1.54, 1.807) is 6.08 Å². The molecule has 68 valence electrons. The molecule has 1 aliphatic rings. The second kappa shape index (κ2) is 5.78. The van der Waals surface area contributed by atoms with Crippen LogP contribution in [0.25, 0.3) is 0 Å². The Morgan fingerprint density at radius 2 is 1.83 bits per heavy atom. The summed E-state index contributed by atoms with van der Waals surface area (Å²) in [6, 6.07) is 0. The van der Waals surface area contributed by atoms with Gasteiger partial charge in [-0.3, -0.25) is 0 Å². The summed E-state index contributed by atoms with van der Waals surface area (Å²) >= 11 is 0. The zero-order valence-corrected chi connectivity index (χ0v) is 8.27. The maximum Gasteiger partial charge on any atom is 0.0227 e. The highest BCUT2D eigenvalue weighted by atomic mass is 15.1. The lowest BCUT2D eigenvalue weighted by atomic mass is 10.0. The fourth-order valence-electron chi connectivity index (χ4n) is 1.02. The average molecular weight is 165 g/mol. The van der Waals surface area contributed by atoms with Crippen LogP contribution in [-0.4, -0.2) is 25.0 Å². The van der Waals surface area contributed by atoms with Crippen LogP contribution in [0.4, 0.5) is 0 Å². The van der Waals surface area contributed by atoms with Crippen LogP contribution < -0.4 is 0 Å². The van der Waals surface area contributed by atoms with E-state index >= 15 is 0 Å². The number of nitrogens with zero attached hydrogens (tertiary/aromatic N) is 1. The normalized spacial score (nSPS) is 18.2. The Balaban J connectivity index is 0.000000354. The van der Waals surface area contributed by atoms with Crippen LogP contribution in [0.3, 0.4) is 0 Å². The first kappa shape index (κ1) is 11.2. The van der Waals surface area contributed by atoms with Crippen LogP contribution >= 0.6 is 0 Å². The van der Waals surface area contributed by atoms with Crippen molar-refractivity contribution in [3.05, 3.63) is 37.0 Å². The molecular formula is C11H19N. The van der Waals surface area contributed by atoms with Gasteiger partial charge in [-0.25, -0.2) is 0 Å².